The Bertz CT molecular complexity index is 6640. The van der Waals surface area contributed by atoms with Gasteiger partial charge in [0.25, 0.3) is 28.5 Å². The average molecular weight is 2000 g/mol. The lowest BCUT2D eigenvalue weighted by molar-refractivity contribution is -0.140. The normalized spacial score (nSPS) is 16.4. The number of aromatic nitrogens is 16. The summed E-state index contributed by atoms with van der Waals surface area (Å²) in [4.78, 5) is 144. The molecule has 2 fully saturated rings. The van der Waals surface area contributed by atoms with Crippen molar-refractivity contribution >= 4 is 80.5 Å². The van der Waals surface area contributed by atoms with Gasteiger partial charge in [-0.05, 0) is 214 Å². The number of amides is 4. The number of thioether (sulfide) groups is 4. The van der Waals surface area contributed by atoms with Gasteiger partial charge in [-0.15, -0.1) is 0 Å². The predicted molar refractivity (Wildman–Crippen MR) is 523 cm³/mol. The van der Waals surface area contributed by atoms with E-state index in [1.807, 2.05) is 136 Å². The van der Waals surface area contributed by atoms with Crippen LogP contribution in [0.4, 0.5) is 22.0 Å². The minimum atomic E-state index is -3.62. The Morgan fingerprint density at radius 1 is 0.324 bits per heavy atom. The minimum Gasteiger partial charge on any atom is -0.303 e. The zero-order valence-corrected chi connectivity index (χ0v) is 83.1. The van der Waals surface area contributed by atoms with Crippen LogP contribution in [0.15, 0.2) is 223 Å². The van der Waals surface area contributed by atoms with Gasteiger partial charge in [-0.2, -0.15) is 0 Å². The Hall–Kier alpha value is -12.8. The summed E-state index contributed by atoms with van der Waals surface area (Å²) >= 11 is 5.60. The van der Waals surface area contributed by atoms with E-state index in [-0.39, 0.29) is 123 Å². The van der Waals surface area contributed by atoms with Gasteiger partial charge in [0, 0.05) is 67.4 Å². The number of likely N-dealkylation sites (N-methyl/N-ethyl adjacent to an activating group) is 5. The lowest BCUT2D eigenvalue weighted by Crippen LogP contribution is -2.45. The molecule has 18 rings (SSSR count). The highest BCUT2D eigenvalue weighted by atomic mass is 32.2. The maximum atomic E-state index is 13.4. The second-order valence-electron chi connectivity index (χ2n) is 34.2. The number of carbonyl (C=O) groups is 4. The van der Waals surface area contributed by atoms with E-state index < -0.39 is 15.7 Å². The van der Waals surface area contributed by atoms with Gasteiger partial charge in [-0.1, -0.05) is 108 Å². The van der Waals surface area contributed by atoms with Gasteiger partial charge >= 0.3 is 0 Å². The number of fused-ring (bicyclic) bond motifs is 3. The van der Waals surface area contributed by atoms with Crippen LogP contribution in [0.1, 0.15) is 32.1 Å². The molecule has 13 heterocycles. The Labute approximate surface area is 816 Å². The average Bonchev–Trinajstić information content (AvgIpc) is 1.59. The van der Waals surface area contributed by atoms with Crippen molar-refractivity contribution < 1.29 is 49.5 Å². The van der Waals surface area contributed by atoms with Crippen molar-refractivity contribution in [1.29, 1.82) is 0 Å². The molecule has 0 N–H and O–H groups in total. The second kappa shape index (κ2) is 44.6. The molecule has 8 aromatic heterocycles. The quantitative estimate of drug-likeness (QED) is 0.0346. The summed E-state index contributed by atoms with van der Waals surface area (Å²) in [6, 6.07) is 38.3. The first-order valence-electron chi connectivity index (χ1n) is 43.8. The molecule has 4 amide bonds. The second-order valence-corrected chi connectivity index (χ2v) is 39.2. The molecule has 0 radical (unpaired) electrons. The predicted octanol–water partition coefficient (Wildman–Crippen LogP) is 9.84. The van der Waals surface area contributed by atoms with Crippen LogP contribution in [0.5, 0.6) is 0 Å². The third-order valence-electron chi connectivity index (χ3n) is 24.2. The summed E-state index contributed by atoms with van der Waals surface area (Å²) < 4.78 is 101. The van der Waals surface area contributed by atoms with E-state index in [9.17, 15) is 63.9 Å². The molecule has 0 aliphatic carbocycles. The van der Waals surface area contributed by atoms with Gasteiger partial charge in [-0.3, -0.25) is 47.6 Å². The molecule has 5 aromatic carbocycles. The van der Waals surface area contributed by atoms with E-state index in [1.54, 1.807) is 93.2 Å². The molecule has 2 saturated heterocycles. The lowest BCUT2D eigenvalue weighted by Gasteiger charge is -2.27. The highest BCUT2D eigenvalue weighted by molar-refractivity contribution is 7.99. The number of hydrazine groups is 2. The molecule has 0 spiro atoms. The molecule has 13 aromatic rings. The first-order valence-corrected chi connectivity index (χ1v) is 50.6. The molecular formula is C95H104F5N25O9S5. The van der Waals surface area contributed by atoms with Crippen LogP contribution in [-0.4, -0.2) is 313 Å². The Morgan fingerprint density at radius 3 is 0.849 bits per heavy atom. The topological polar surface area (TPSA) is 341 Å². The minimum absolute atomic E-state index is 0.0166. The standard InChI is InChI=1S/C19H20FN5O3S.2C19H22FN5O2S.2C19H20FN5OS/c1-23(2)14-10-24-17(15-8-9-21-19(22-15)29(3,27)28)16(18(26)25(24)11-14)12-4-6-13(20)7-5-12;2*1-23(2)15-11-24(17(26)10-13-4-6-14(20)7-5-13)25(12-15)18(27)16-8-9-21-19(22-16)28-3;2*1-23(2)14-10-24-17(15-8-9-21-19(22-15)27-3)16(18(26)25(24)11-14)12-4-6-13(20)7-5-12/h4-9,14H,10-11H2,1-3H3;2*4-9,15H,10-12H2,1-3H3;2*4-9,14H,10-11H2,1-3H3. The highest BCUT2D eigenvalue weighted by Crippen LogP contribution is 2.38. The summed E-state index contributed by atoms with van der Waals surface area (Å²) in [5.41, 5.74) is 8.63. The van der Waals surface area contributed by atoms with E-state index in [0.717, 1.165) is 17.6 Å². The van der Waals surface area contributed by atoms with Crippen molar-refractivity contribution in [2.24, 2.45) is 0 Å². The summed E-state index contributed by atoms with van der Waals surface area (Å²) in [5, 5.41) is 7.81. The van der Waals surface area contributed by atoms with Gasteiger partial charge in [0.1, 0.15) is 40.5 Å². The van der Waals surface area contributed by atoms with Crippen molar-refractivity contribution in [3.63, 3.8) is 0 Å². The van der Waals surface area contributed by atoms with Crippen LogP contribution >= 0.6 is 47.0 Å². The molecule has 0 saturated carbocycles. The van der Waals surface area contributed by atoms with Crippen molar-refractivity contribution in [1.82, 2.24) is 122 Å². The molecule has 5 aliphatic rings. The summed E-state index contributed by atoms with van der Waals surface area (Å²) in [6.45, 7) is 5.22. The van der Waals surface area contributed by atoms with Crippen LogP contribution in [-0.2, 0) is 71.5 Å². The summed E-state index contributed by atoms with van der Waals surface area (Å²) in [6.07, 6.45) is 16.6. The van der Waals surface area contributed by atoms with Crippen LogP contribution in [0.3, 0.4) is 0 Å². The first kappa shape index (κ1) is 102. The van der Waals surface area contributed by atoms with Crippen LogP contribution in [0, 0.1) is 29.1 Å². The fraction of sp³-hybridized carbons (Fsp3) is 0.337. The largest absolute Gasteiger partial charge is 0.303 e. The SMILES string of the molecule is CN(C)C1Cn2c(-c3ccnc(S(C)(=O)=O)n3)c(-c3ccc(F)cc3)c(=O)n2C1.CSc1nccc(-c2c(-c3ccc(F)cc3)c(=O)n3n2CC(N(C)C)C3)n1.CSc1nccc(-c2c(-c3ccc(F)cc3)c(=O)n3n2CC(N(C)C)C3)n1.CSc1nccc(C(=O)N2CC(N(C)C)CN2C(=O)Cc2ccc(F)cc2)n1.CSc1nccc(C(=O)N2CC(N(C)C)CN2C(=O)Cc2ccc(F)cc2)n1. The third-order valence-corrected chi connectivity index (χ3v) is 27.3. The van der Waals surface area contributed by atoms with Gasteiger partial charge < -0.3 is 24.5 Å². The number of halogens is 5. The van der Waals surface area contributed by atoms with Crippen molar-refractivity contribution in [2.75, 3.05) is 128 Å². The summed E-state index contributed by atoms with van der Waals surface area (Å²) in [5.74, 6) is -2.88. The van der Waals surface area contributed by atoms with E-state index in [0.29, 0.717) is 153 Å². The number of carbonyl (C=O) groups excluding carboxylic acids is 4. The fourth-order valence-electron chi connectivity index (χ4n) is 16.4. The maximum absolute atomic E-state index is 13.4. The summed E-state index contributed by atoms with van der Waals surface area (Å²) in [7, 11) is 16.0. The number of hydrogen-bond acceptors (Lipinski definition) is 28. The Morgan fingerprint density at radius 2 is 0.568 bits per heavy atom. The van der Waals surface area contributed by atoms with E-state index >= 15 is 0 Å². The Kier molecular flexibility index (Phi) is 32.7. The van der Waals surface area contributed by atoms with Crippen molar-refractivity contribution in [3.8, 4) is 67.5 Å². The van der Waals surface area contributed by atoms with E-state index in [4.69, 9.17) is 0 Å². The van der Waals surface area contributed by atoms with E-state index in [2.05, 4.69) is 59.6 Å². The molecule has 139 heavy (non-hydrogen) atoms. The molecule has 5 atom stereocenters. The molecule has 44 heteroatoms. The van der Waals surface area contributed by atoms with Gasteiger partial charge in [0.05, 0.1) is 129 Å². The number of benzene rings is 5. The highest BCUT2D eigenvalue weighted by Gasteiger charge is 2.42. The number of nitrogens with zero attached hydrogens (tertiary/aromatic N) is 25. The van der Waals surface area contributed by atoms with Crippen LogP contribution < -0.4 is 16.7 Å². The van der Waals surface area contributed by atoms with Crippen molar-refractivity contribution in [2.45, 2.75) is 108 Å². The molecular weight excluding hydrogens is 1890 g/mol. The van der Waals surface area contributed by atoms with Gasteiger partial charge in [-0.25, -0.2) is 114 Å². The molecule has 0 bridgehead atoms. The smallest absolute Gasteiger partial charge is 0.291 e. The number of hydrogen-bond donors (Lipinski definition) is 0. The lowest BCUT2D eigenvalue weighted by atomic mass is 10.0. The van der Waals surface area contributed by atoms with E-state index in [1.165, 1.54) is 158 Å². The van der Waals surface area contributed by atoms with Crippen LogP contribution in [0.2, 0.25) is 0 Å². The number of rotatable bonds is 22. The van der Waals surface area contributed by atoms with Gasteiger partial charge in [0.2, 0.25) is 26.8 Å². The molecule has 5 unspecified atom stereocenters. The zero-order chi connectivity index (χ0) is 99.7. The molecule has 728 valence electrons. The third kappa shape index (κ3) is 23.4. The molecule has 34 nitrogen and oxygen atoms in total. The Balaban J connectivity index is 0.000000139. The number of sulfone groups is 1. The first-order chi connectivity index (χ1) is 66.4. The zero-order valence-electron chi connectivity index (χ0n) is 79.0. The maximum Gasteiger partial charge on any atom is 0.291 e. The fourth-order valence-corrected chi connectivity index (χ4v) is 18.3. The molecule has 5 aliphatic heterocycles. The van der Waals surface area contributed by atoms with Crippen LogP contribution in [0.25, 0.3) is 67.5 Å². The monoisotopic (exact) mass is 1990 g/mol. The van der Waals surface area contributed by atoms with Crippen molar-refractivity contribution in [3.05, 3.63) is 265 Å². The van der Waals surface area contributed by atoms with Gasteiger partial charge in [0.15, 0.2) is 20.6 Å².